The average molecular weight is 497 g/mol. The van der Waals surface area contributed by atoms with Crippen LogP contribution in [0.15, 0.2) is 52.9 Å². The van der Waals surface area contributed by atoms with Crippen LogP contribution in [-0.2, 0) is 35.5 Å². The Hall–Kier alpha value is -3.43. The number of rotatable bonds is 5. The molecule has 0 unspecified atom stereocenters. The van der Waals surface area contributed by atoms with Crippen molar-refractivity contribution in [3.05, 3.63) is 70.4 Å². The minimum atomic E-state index is -3.92. The van der Waals surface area contributed by atoms with Crippen molar-refractivity contribution in [3.63, 3.8) is 0 Å². The highest BCUT2D eigenvalue weighted by molar-refractivity contribution is 7.89. The molecule has 3 aromatic rings. The predicted molar refractivity (Wildman–Crippen MR) is 132 cm³/mol. The van der Waals surface area contributed by atoms with Gasteiger partial charge in [0.1, 0.15) is 0 Å². The summed E-state index contributed by atoms with van der Waals surface area (Å²) in [6.07, 6.45) is 2.13. The van der Waals surface area contributed by atoms with Crippen LogP contribution in [0.4, 0.5) is 0 Å². The summed E-state index contributed by atoms with van der Waals surface area (Å²) in [5, 5.41) is 0.970. The Bertz CT molecular complexity index is 1400. The number of aryl methyl sites for hydroxylation is 2. The van der Waals surface area contributed by atoms with Gasteiger partial charge in [-0.15, -0.1) is 0 Å². The molecule has 0 saturated carbocycles. The van der Waals surface area contributed by atoms with Crippen molar-refractivity contribution in [1.82, 2.24) is 9.29 Å². The lowest BCUT2D eigenvalue weighted by Gasteiger charge is -2.27. The Morgan fingerprint density at radius 1 is 0.971 bits per heavy atom. The van der Waals surface area contributed by atoms with E-state index in [0.29, 0.717) is 6.42 Å². The number of H-pyrrole nitrogens is 1. The SMILES string of the molecule is COC(=O)C(C(=O)OC)/C1=C/c2[nH]c3ccc(C)cc3c2CCN(S(=O)(=O)c2ccc(C)cc2)C1. The molecule has 0 fully saturated rings. The van der Waals surface area contributed by atoms with E-state index in [1.807, 2.05) is 32.0 Å². The molecule has 2 aromatic carbocycles. The number of esters is 2. The highest BCUT2D eigenvalue weighted by Crippen LogP contribution is 2.31. The molecule has 8 nitrogen and oxygen atoms in total. The fourth-order valence-corrected chi connectivity index (χ4v) is 5.83. The van der Waals surface area contributed by atoms with E-state index >= 15 is 0 Å². The number of nitrogens with zero attached hydrogens (tertiary/aromatic N) is 1. The van der Waals surface area contributed by atoms with Crippen LogP contribution in [-0.4, -0.2) is 57.0 Å². The monoisotopic (exact) mass is 496 g/mol. The molecular weight excluding hydrogens is 468 g/mol. The summed E-state index contributed by atoms with van der Waals surface area (Å²) < 4.78 is 38.3. The lowest BCUT2D eigenvalue weighted by Crippen LogP contribution is -2.39. The molecular formula is C26H28N2O6S. The number of methoxy groups -OCH3 is 2. The minimum Gasteiger partial charge on any atom is -0.468 e. The van der Waals surface area contributed by atoms with Crippen LogP contribution in [0.1, 0.15) is 22.4 Å². The number of hydrogen-bond acceptors (Lipinski definition) is 6. The largest absolute Gasteiger partial charge is 0.468 e. The summed E-state index contributed by atoms with van der Waals surface area (Å²) in [5.41, 5.74) is 4.80. The van der Waals surface area contributed by atoms with Gasteiger partial charge in [-0.3, -0.25) is 9.59 Å². The molecule has 9 heteroatoms. The average Bonchev–Trinajstić information content (AvgIpc) is 3.14. The third-order valence-electron chi connectivity index (χ3n) is 6.30. The number of hydrogen-bond donors (Lipinski definition) is 1. The van der Waals surface area contributed by atoms with Gasteiger partial charge in [-0.2, -0.15) is 4.31 Å². The Labute approximate surface area is 204 Å². The predicted octanol–water partition coefficient (Wildman–Crippen LogP) is 3.38. The third-order valence-corrected chi connectivity index (χ3v) is 8.16. The summed E-state index contributed by atoms with van der Waals surface area (Å²) in [6, 6.07) is 12.6. The minimum absolute atomic E-state index is 0.144. The Kier molecular flexibility index (Phi) is 6.82. The van der Waals surface area contributed by atoms with Gasteiger partial charge in [0.15, 0.2) is 5.92 Å². The first kappa shape index (κ1) is 24.7. The summed E-state index contributed by atoms with van der Waals surface area (Å²) in [6.45, 7) is 3.86. The highest BCUT2D eigenvalue weighted by atomic mass is 32.2. The molecule has 184 valence electrons. The Balaban J connectivity index is 1.89. The first-order valence-corrected chi connectivity index (χ1v) is 12.6. The molecule has 1 aliphatic heterocycles. The van der Waals surface area contributed by atoms with Gasteiger partial charge in [-0.25, -0.2) is 8.42 Å². The molecule has 4 rings (SSSR count). The molecule has 0 amide bonds. The second-order valence-electron chi connectivity index (χ2n) is 8.67. The fourth-order valence-electron chi connectivity index (χ4n) is 4.40. The number of sulfonamides is 1. The van der Waals surface area contributed by atoms with Crippen molar-refractivity contribution in [2.75, 3.05) is 27.3 Å². The van der Waals surface area contributed by atoms with Gasteiger partial charge in [0.2, 0.25) is 10.0 Å². The molecule has 0 bridgehead atoms. The van der Waals surface area contributed by atoms with Crippen molar-refractivity contribution in [1.29, 1.82) is 0 Å². The van der Waals surface area contributed by atoms with Crippen LogP contribution in [0.2, 0.25) is 0 Å². The third kappa shape index (κ3) is 4.74. The van der Waals surface area contributed by atoms with Gasteiger partial charge in [0.05, 0.1) is 19.1 Å². The molecule has 0 atom stereocenters. The summed E-state index contributed by atoms with van der Waals surface area (Å²) >= 11 is 0. The van der Waals surface area contributed by atoms with Crippen molar-refractivity contribution in [3.8, 4) is 0 Å². The quantitative estimate of drug-likeness (QED) is 0.429. The number of nitrogens with one attached hydrogen (secondary N) is 1. The standard InChI is InChI=1S/C26H28N2O6S/c1-16-5-8-19(9-6-16)35(31,32)28-12-11-20-21-13-17(2)7-10-22(21)27-23(20)14-18(15-28)24(25(29)33-3)26(30)34-4/h5-10,13-14,24,27H,11-12,15H2,1-4H3/b18-14+. The van der Waals surface area contributed by atoms with Gasteiger partial charge in [0.25, 0.3) is 0 Å². The van der Waals surface area contributed by atoms with E-state index in [1.54, 1.807) is 30.3 Å². The van der Waals surface area contributed by atoms with Crippen LogP contribution >= 0.6 is 0 Å². The molecule has 1 aromatic heterocycles. The second-order valence-corrected chi connectivity index (χ2v) is 10.6. The number of carbonyl (C=O) groups excluding carboxylic acids is 2. The maximum Gasteiger partial charge on any atom is 0.324 e. The number of aromatic nitrogens is 1. The van der Waals surface area contributed by atoms with Crippen LogP contribution in [0, 0.1) is 19.8 Å². The zero-order chi connectivity index (χ0) is 25.3. The molecule has 0 spiro atoms. The van der Waals surface area contributed by atoms with Crippen LogP contribution in [0.25, 0.3) is 17.0 Å². The van der Waals surface area contributed by atoms with Gasteiger partial charge >= 0.3 is 11.9 Å². The highest BCUT2D eigenvalue weighted by Gasteiger charge is 2.37. The number of carbonyl (C=O) groups is 2. The molecule has 0 radical (unpaired) electrons. The van der Waals surface area contributed by atoms with E-state index in [-0.39, 0.29) is 23.6 Å². The van der Waals surface area contributed by atoms with Crippen LogP contribution in [0.5, 0.6) is 0 Å². The molecule has 1 aliphatic rings. The lowest BCUT2D eigenvalue weighted by atomic mass is 9.94. The van der Waals surface area contributed by atoms with Crippen molar-refractivity contribution < 1.29 is 27.5 Å². The van der Waals surface area contributed by atoms with E-state index in [0.717, 1.165) is 33.3 Å². The van der Waals surface area contributed by atoms with Crippen molar-refractivity contribution in [2.24, 2.45) is 5.92 Å². The van der Waals surface area contributed by atoms with Gasteiger partial charge in [-0.1, -0.05) is 29.3 Å². The van der Waals surface area contributed by atoms with Gasteiger partial charge in [-0.05, 0) is 61.7 Å². The number of ether oxygens (including phenoxy) is 2. The normalized spacial score (nSPS) is 16.2. The summed E-state index contributed by atoms with van der Waals surface area (Å²) in [7, 11) is -1.56. The van der Waals surface area contributed by atoms with Gasteiger partial charge in [0, 0.05) is 29.7 Å². The zero-order valence-electron chi connectivity index (χ0n) is 20.1. The zero-order valence-corrected chi connectivity index (χ0v) is 20.9. The van der Waals surface area contributed by atoms with E-state index in [1.165, 1.54) is 18.5 Å². The lowest BCUT2D eigenvalue weighted by molar-refractivity contribution is -0.156. The molecule has 1 N–H and O–H groups in total. The second kappa shape index (κ2) is 9.67. The van der Waals surface area contributed by atoms with Crippen molar-refractivity contribution in [2.45, 2.75) is 25.2 Å². The Morgan fingerprint density at radius 3 is 2.23 bits per heavy atom. The topological polar surface area (TPSA) is 106 Å². The van der Waals surface area contributed by atoms with E-state index in [9.17, 15) is 18.0 Å². The fraction of sp³-hybridized carbons (Fsp3) is 0.308. The van der Waals surface area contributed by atoms with Crippen LogP contribution < -0.4 is 0 Å². The first-order valence-electron chi connectivity index (χ1n) is 11.2. The molecule has 35 heavy (non-hydrogen) atoms. The van der Waals surface area contributed by atoms with E-state index in [4.69, 9.17) is 9.47 Å². The summed E-state index contributed by atoms with van der Waals surface area (Å²) in [5.74, 6) is -3.03. The number of fused-ring (bicyclic) bond motifs is 3. The maximum absolute atomic E-state index is 13.6. The smallest absolute Gasteiger partial charge is 0.324 e. The number of aromatic amines is 1. The van der Waals surface area contributed by atoms with Gasteiger partial charge < -0.3 is 14.5 Å². The van der Waals surface area contributed by atoms with Crippen molar-refractivity contribution >= 4 is 38.9 Å². The summed E-state index contributed by atoms with van der Waals surface area (Å²) in [4.78, 5) is 28.8. The van der Waals surface area contributed by atoms with E-state index in [2.05, 4.69) is 4.98 Å². The van der Waals surface area contributed by atoms with Crippen LogP contribution in [0.3, 0.4) is 0 Å². The first-order chi connectivity index (χ1) is 16.6. The van der Waals surface area contributed by atoms with E-state index < -0.39 is 27.9 Å². The Morgan fingerprint density at radius 2 is 1.60 bits per heavy atom. The number of benzene rings is 2. The molecule has 0 aliphatic carbocycles. The maximum atomic E-state index is 13.6. The molecule has 2 heterocycles. The molecule has 0 saturated heterocycles.